The van der Waals surface area contributed by atoms with Crippen LogP contribution in [-0.4, -0.2) is 39.8 Å². The van der Waals surface area contributed by atoms with Crippen molar-refractivity contribution in [1.82, 2.24) is 19.8 Å². The number of hydrogen-bond donors (Lipinski definition) is 1. The molecule has 0 amide bonds. The van der Waals surface area contributed by atoms with Crippen molar-refractivity contribution in [1.29, 1.82) is 0 Å². The topological polar surface area (TPSA) is 42.3 Å². The van der Waals surface area contributed by atoms with Gasteiger partial charge < -0.3 is 19.5 Å². The molecule has 1 N–H and O–H groups in total. The van der Waals surface area contributed by atoms with Crippen LogP contribution < -0.4 is 5.32 Å². The van der Waals surface area contributed by atoms with Crippen LogP contribution in [-0.2, 0) is 11.3 Å². The van der Waals surface area contributed by atoms with Crippen molar-refractivity contribution in [3.8, 4) is 0 Å². The van der Waals surface area contributed by atoms with Gasteiger partial charge in [0.05, 0.1) is 17.8 Å². The van der Waals surface area contributed by atoms with Crippen LogP contribution in [0.3, 0.4) is 0 Å². The zero-order valence-corrected chi connectivity index (χ0v) is 16.8. The Morgan fingerprint density at radius 2 is 2.12 bits per heavy atom. The van der Waals surface area contributed by atoms with Gasteiger partial charge in [-0.3, -0.25) is 4.98 Å². The highest BCUT2D eigenvalue weighted by Crippen LogP contribution is 2.40. The van der Waals surface area contributed by atoms with Crippen molar-refractivity contribution < 1.29 is 4.74 Å². The number of nitrogens with zero attached hydrogens (tertiary/aromatic N) is 3. The summed E-state index contributed by atoms with van der Waals surface area (Å²) >= 11 is 5.69. The lowest BCUT2D eigenvalue weighted by Crippen LogP contribution is -2.31. The second-order valence-corrected chi connectivity index (χ2v) is 7.12. The normalized spacial score (nSPS) is 19.8. The first kappa shape index (κ1) is 18.9. The number of rotatable bonds is 7. The zero-order chi connectivity index (χ0) is 18.7. The molecule has 1 fully saturated rings. The van der Waals surface area contributed by atoms with Gasteiger partial charge in [0, 0.05) is 44.4 Å². The van der Waals surface area contributed by atoms with E-state index in [1.54, 1.807) is 7.11 Å². The number of ether oxygens (including phenoxy) is 1. The molecular formula is C20H28N4OS. The Labute approximate surface area is 161 Å². The van der Waals surface area contributed by atoms with Gasteiger partial charge in [0.15, 0.2) is 5.11 Å². The summed E-state index contributed by atoms with van der Waals surface area (Å²) in [6.07, 6.45) is 2.79. The summed E-state index contributed by atoms with van der Waals surface area (Å²) in [5.41, 5.74) is 4.94. The summed E-state index contributed by atoms with van der Waals surface area (Å²) in [7, 11) is 1.74. The van der Waals surface area contributed by atoms with Gasteiger partial charge in [0.25, 0.3) is 0 Å². The van der Waals surface area contributed by atoms with Crippen LogP contribution in [0.5, 0.6) is 0 Å². The summed E-state index contributed by atoms with van der Waals surface area (Å²) in [5.74, 6) is 0. The Hall–Kier alpha value is -1.92. The SMILES string of the molecule is CCn1c(C)cc(C2C(c3ccccn3)NC(=S)N2CCCOC)c1C. The third kappa shape index (κ3) is 3.48. The van der Waals surface area contributed by atoms with E-state index >= 15 is 0 Å². The fraction of sp³-hybridized carbons (Fsp3) is 0.500. The first-order chi connectivity index (χ1) is 12.6. The van der Waals surface area contributed by atoms with Crippen LogP contribution >= 0.6 is 12.2 Å². The van der Waals surface area contributed by atoms with Gasteiger partial charge in [-0.25, -0.2) is 0 Å². The molecule has 2 unspecified atom stereocenters. The van der Waals surface area contributed by atoms with E-state index in [-0.39, 0.29) is 12.1 Å². The minimum atomic E-state index is 0.0528. The van der Waals surface area contributed by atoms with E-state index in [1.807, 2.05) is 18.3 Å². The second kappa shape index (κ2) is 8.18. The smallest absolute Gasteiger partial charge is 0.170 e. The first-order valence-corrected chi connectivity index (χ1v) is 9.63. The van der Waals surface area contributed by atoms with E-state index in [9.17, 15) is 0 Å². The molecule has 1 aliphatic heterocycles. The van der Waals surface area contributed by atoms with Gasteiger partial charge in [-0.15, -0.1) is 0 Å². The van der Waals surface area contributed by atoms with Gasteiger partial charge in [-0.1, -0.05) is 6.07 Å². The fourth-order valence-electron chi connectivity index (χ4n) is 3.98. The van der Waals surface area contributed by atoms with Gasteiger partial charge in [-0.05, 0) is 63.2 Å². The van der Waals surface area contributed by atoms with Crippen molar-refractivity contribution >= 4 is 17.3 Å². The van der Waals surface area contributed by atoms with Crippen molar-refractivity contribution in [2.45, 2.75) is 45.8 Å². The number of pyridine rings is 1. The molecule has 2 aromatic heterocycles. The quantitative estimate of drug-likeness (QED) is 0.595. The molecule has 140 valence electrons. The molecule has 0 aromatic carbocycles. The molecule has 2 atom stereocenters. The van der Waals surface area contributed by atoms with E-state index < -0.39 is 0 Å². The molecule has 0 saturated carbocycles. The van der Waals surface area contributed by atoms with Gasteiger partial charge >= 0.3 is 0 Å². The predicted octanol–water partition coefficient (Wildman–Crippen LogP) is 3.53. The van der Waals surface area contributed by atoms with Crippen LogP contribution in [0.2, 0.25) is 0 Å². The summed E-state index contributed by atoms with van der Waals surface area (Å²) in [5, 5.41) is 4.31. The molecular weight excluding hydrogens is 344 g/mol. The number of aromatic nitrogens is 2. The standard InChI is InChI=1S/C20H28N4OS/c1-5-23-14(2)13-16(15(23)3)19-18(17-9-6-7-10-21-17)22-20(26)24(19)11-8-12-25-4/h6-7,9-10,13,18-19H,5,8,11-12H2,1-4H3,(H,22,26). The van der Waals surface area contributed by atoms with E-state index in [4.69, 9.17) is 17.0 Å². The van der Waals surface area contributed by atoms with E-state index in [0.29, 0.717) is 0 Å². The van der Waals surface area contributed by atoms with Crippen molar-refractivity contribution in [3.05, 3.63) is 53.1 Å². The zero-order valence-electron chi connectivity index (χ0n) is 16.0. The second-order valence-electron chi connectivity index (χ2n) is 6.74. The van der Waals surface area contributed by atoms with E-state index in [2.05, 4.69) is 52.7 Å². The number of methoxy groups -OCH3 is 1. The van der Waals surface area contributed by atoms with Crippen LogP contribution in [0.1, 0.15) is 48.1 Å². The van der Waals surface area contributed by atoms with E-state index in [1.165, 1.54) is 17.0 Å². The average molecular weight is 373 g/mol. The highest BCUT2D eigenvalue weighted by Gasteiger charge is 2.40. The molecule has 6 heteroatoms. The molecule has 5 nitrogen and oxygen atoms in total. The first-order valence-electron chi connectivity index (χ1n) is 9.22. The lowest BCUT2D eigenvalue weighted by molar-refractivity contribution is 0.180. The fourth-order valence-corrected chi connectivity index (χ4v) is 4.31. The molecule has 0 spiro atoms. The molecule has 2 aromatic rings. The van der Waals surface area contributed by atoms with Gasteiger partial charge in [0.1, 0.15) is 0 Å². The van der Waals surface area contributed by atoms with Crippen LogP contribution in [0, 0.1) is 13.8 Å². The Kier molecular flexibility index (Phi) is 5.94. The Morgan fingerprint density at radius 1 is 1.31 bits per heavy atom. The molecule has 0 aliphatic carbocycles. The number of thiocarbonyl (C=S) groups is 1. The van der Waals surface area contributed by atoms with Crippen molar-refractivity contribution in [2.24, 2.45) is 0 Å². The lowest BCUT2D eigenvalue weighted by atomic mass is 9.96. The molecule has 1 saturated heterocycles. The number of aryl methyl sites for hydroxylation is 1. The maximum absolute atomic E-state index is 5.69. The van der Waals surface area contributed by atoms with E-state index in [0.717, 1.165) is 36.9 Å². The lowest BCUT2D eigenvalue weighted by Gasteiger charge is -2.28. The third-order valence-corrected chi connectivity index (χ3v) is 5.55. The van der Waals surface area contributed by atoms with Crippen LogP contribution in [0.15, 0.2) is 30.5 Å². The van der Waals surface area contributed by atoms with Crippen molar-refractivity contribution in [2.75, 3.05) is 20.3 Å². The molecule has 0 radical (unpaired) electrons. The summed E-state index contributed by atoms with van der Waals surface area (Å²) in [6.45, 7) is 9.13. The summed E-state index contributed by atoms with van der Waals surface area (Å²) < 4.78 is 7.61. The highest BCUT2D eigenvalue weighted by atomic mass is 32.1. The Bertz CT molecular complexity index is 759. The number of nitrogens with one attached hydrogen (secondary N) is 1. The van der Waals surface area contributed by atoms with Crippen LogP contribution in [0.4, 0.5) is 0 Å². The minimum Gasteiger partial charge on any atom is -0.385 e. The molecule has 3 rings (SSSR count). The molecule has 1 aliphatic rings. The Morgan fingerprint density at radius 3 is 2.73 bits per heavy atom. The number of hydrogen-bond acceptors (Lipinski definition) is 3. The monoisotopic (exact) mass is 372 g/mol. The molecule has 26 heavy (non-hydrogen) atoms. The molecule has 3 heterocycles. The Balaban J connectivity index is 2.02. The minimum absolute atomic E-state index is 0.0528. The predicted molar refractivity (Wildman–Crippen MR) is 108 cm³/mol. The van der Waals surface area contributed by atoms with Crippen molar-refractivity contribution in [3.63, 3.8) is 0 Å². The maximum Gasteiger partial charge on any atom is 0.170 e. The maximum atomic E-state index is 5.69. The van der Waals surface area contributed by atoms with Gasteiger partial charge in [-0.2, -0.15) is 0 Å². The van der Waals surface area contributed by atoms with Crippen LogP contribution in [0.25, 0.3) is 0 Å². The average Bonchev–Trinajstić information content (AvgIpc) is 3.12. The largest absolute Gasteiger partial charge is 0.385 e. The summed E-state index contributed by atoms with van der Waals surface area (Å²) in [6, 6.07) is 8.55. The highest BCUT2D eigenvalue weighted by molar-refractivity contribution is 7.80. The summed E-state index contributed by atoms with van der Waals surface area (Å²) in [4.78, 5) is 6.90. The van der Waals surface area contributed by atoms with Gasteiger partial charge in [0.2, 0.25) is 0 Å². The molecule has 0 bridgehead atoms. The third-order valence-electron chi connectivity index (χ3n) is 5.19.